The van der Waals surface area contributed by atoms with E-state index in [-0.39, 0.29) is 6.42 Å². The number of allylic oxidation sites excluding steroid dienone is 7. The van der Waals surface area contributed by atoms with Crippen molar-refractivity contribution in [2.45, 2.75) is 173 Å². The van der Waals surface area contributed by atoms with Gasteiger partial charge in [0, 0.05) is 0 Å². The maximum atomic E-state index is 12.5. The fourth-order valence-electron chi connectivity index (χ4n) is 5.00. The van der Waals surface area contributed by atoms with Gasteiger partial charge in [0.2, 0.25) is 5.91 Å². The second-order valence-corrected chi connectivity index (χ2v) is 13.8. The highest BCUT2D eigenvalue weighted by Gasteiger charge is 2.27. The smallest absolute Gasteiger partial charge is 0.267 e. The van der Waals surface area contributed by atoms with E-state index in [1.165, 1.54) is 70.3 Å². The van der Waals surface area contributed by atoms with Gasteiger partial charge >= 0.3 is 0 Å². The minimum atomic E-state index is -4.45. The molecule has 1 amide bonds. The van der Waals surface area contributed by atoms with Crippen LogP contribution >= 0.6 is 0 Å². The van der Waals surface area contributed by atoms with Gasteiger partial charge in [-0.15, -0.1) is 0 Å². The molecule has 0 bridgehead atoms. The molecule has 0 saturated heterocycles. The molecule has 0 radical (unpaired) electrons. The van der Waals surface area contributed by atoms with E-state index >= 15 is 0 Å². The lowest BCUT2D eigenvalue weighted by atomic mass is 10.1. The van der Waals surface area contributed by atoms with Crippen LogP contribution < -0.4 is 5.32 Å². The molecule has 0 aromatic rings. The van der Waals surface area contributed by atoms with Crippen LogP contribution in [0.5, 0.6) is 0 Å². The molecule has 0 aliphatic rings. The van der Waals surface area contributed by atoms with Gasteiger partial charge in [-0.25, -0.2) is 0 Å². The van der Waals surface area contributed by atoms with E-state index in [1.807, 2.05) is 0 Å². The van der Waals surface area contributed by atoms with Gasteiger partial charge in [0.1, 0.15) is 6.10 Å². The number of hydrogen-bond donors (Lipinski definition) is 4. The van der Waals surface area contributed by atoms with Crippen molar-refractivity contribution in [1.82, 2.24) is 5.32 Å². The summed E-state index contributed by atoms with van der Waals surface area (Å²) < 4.78 is 32.3. The fourth-order valence-corrected chi connectivity index (χ4v) is 5.73. The molecule has 0 rings (SSSR count). The Kier molecular flexibility index (Phi) is 29.7. The van der Waals surface area contributed by atoms with Crippen molar-refractivity contribution in [1.29, 1.82) is 0 Å². The molecule has 0 heterocycles. The summed E-state index contributed by atoms with van der Waals surface area (Å²) >= 11 is 0. The first-order chi connectivity index (χ1) is 21.7. The Morgan fingerprint density at radius 2 is 1.02 bits per heavy atom. The lowest BCUT2D eigenvalue weighted by molar-refractivity contribution is -0.130. The molecule has 0 aliphatic carbocycles. The quantitative estimate of drug-likeness (QED) is 0.0336. The zero-order valence-electron chi connectivity index (χ0n) is 28.6. The summed E-state index contributed by atoms with van der Waals surface area (Å²) in [5.74, 6) is -1.58. The second kappa shape index (κ2) is 30.9. The molecule has 0 spiro atoms. The van der Waals surface area contributed by atoms with Gasteiger partial charge in [-0.2, -0.15) is 8.42 Å². The van der Waals surface area contributed by atoms with Crippen LogP contribution in [0.1, 0.15) is 155 Å². The third-order valence-electron chi connectivity index (χ3n) is 7.81. The van der Waals surface area contributed by atoms with Gasteiger partial charge in [-0.1, -0.05) is 140 Å². The van der Waals surface area contributed by atoms with Crippen LogP contribution in [0.4, 0.5) is 0 Å². The normalized spacial score (nSPS) is 14.7. The second-order valence-electron chi connectivity index (χ2n) is 12.3. The average molecular weight is 654 g/mol. The SMILES string of the molecule is CCCC/C=C\CCCCCCC(O)C(=O)NC(CS(=O)(=O)O)C(O)/C=C/CC/C=C/CC/C=C/CCCCCCCCCC. The minimum Gasteiger partial charge on any atom is -0.387 e. The molecule has 7 nitrogen and oxygen atoms in total. The van der Waals surface area contributed by atoms with Crippen molar-refractivity contribution in [3.63, 3.8) is 0 Å². The lowest BCUT2D eigenvalue weighted by Gasteiger charge is -2.22. The summed E-state index contributed by atoms with van der Waals surface area (Å²) in [6.45, 7) is 4.43. The number of unbranched alkanes of at least 4 members (excludes halogenated alkanes) is 16. The van der Waals surface area contributed by atoms with Crippen LogP contribution in [-0.2, 0) is 14.9 Å². The molecule has 262 valence electrons. The van der Waals surface area contributed by atoms with Crippen LogP contribution in [0.3, 0.4) is 0 Å². The molecule has 3 unspecified atom stereocenters. The van der Waals surface area contributed by atoms with E-state index < -0.39 is 40.0 Å². The summed E-state index contributed by atoms with van der Waals surface area (Å²) in [4.78, 5) is 12.5. The standard InChI is InChI=1S/C37H67NO6S/c1-3-5-7-9-11-13-15-16-17-18-19-20-21-22-24-25-27-29-31-35(39)34(33-45(42,43)44)38-37(41)36(40)32-30-28-26-23-14-12-10-8-6-4-2/h10,12,18-19,22,24,29,31,34-36,39-40H,3-9,11,13-17,20-21,23,25-28,30,32-33H2,1-2H3,(H,38,41)(H,42,43,44)/b12-10-,19-18+,24-22+,31-29+. The number of carbonyl (C=O) groups excluding carboxylic acids is 1. The number of hydrogen-bond acceptors (Lipinski definition) is 5. The van der Waals surface area contributed by atoms with Crippen molar-refractivity contribution in [2.75, 3.05) is 5.75 Å². The van der Waals surface area contributed by atoms with Gasteiger partial charge < -0.3 is 15.5 Å². The van der Waals surface area contributed by atoms with E-state index in [4.69, 9.17) is 0 Å². The first-order valence-corrected chi connectivity index (χ1v) is 19.6. The Bertz CT molecular complexity index is 912. The maximum Gasteiger partial charge on any atom is 0.267 e. The maximum absolute atomic E-state index is 12.5. The van der Waals surface area contributed by atoms with E-state index in [1.54, 1.807) is 6.08 Å². The number of amides is 1. The number of aliphatic hydroxyl groups excluding tert-OH is 2. The molecule has 0 aliphatic heterocycles. The van der Waals surface area contributed by atoms with Crippen molar-refractivity contribution in [3.8, 4) is 0 Å². The highest BCUT2D eigenvalue weighted by Crippen LogP contribution is 2.11. The summed E-state index contributed by atoms with van der Waals surface area (Å²) in [7, 11) is -4.45. The number of rotatable bonds is 31. The Hall–Kier alpha value is -1.74. The lowest BCUT2D eigenvalue weighted by Crippen LogP contribution is -2.50. The largest absolute Gasteiger partial charge is 0.387 e. The van der Waals surface area contributed by atoms with Gasteiger partial charge in [0.15, 0.2) is 0 Å². The molecule has 0 aromatic heterocycles. The summed E-state index contributed by atoms with van der Waals surface area (Å²) in [6, 6.07) is -1.26. The van der Waals surface area contributed by atoms with Crippen molar-refractivity contribution < 1.29 is 28.0 Å². The van der Waals surface area contributed by atoms with Crippen LogP contribution in [0.25, 0.3) is 0 Å². The molecule has 3 atom stereocenters. The van der Waals surface area contributed by atoms with Crippen LogP contribution in [-0.4, -0.2) is 53.1 Å². The highest BCUT2D eigenvalue weighted by atomic mass is 32.2. The summed E-state index contributed by atoms with van der Waals surface area (Å²) in [5.41, 5.74) is 0. The summed E-state index contributed by atoms with van der Waals surface area (Å²) in [6.07, 6.45) is 37.5. The Morgan fingerprint density at radius 1 is 0.600 bits per heavy atom. The average Bonchev–Trinajstić information content (AvgIpc) is 3.00. The van der Waals surface area contributed by atoms with Gasteiger partial charge in [0.05, 0.1) is 17.9 Å². The molecular formula is C37H67NO6S. The molecule has 0 aromatic carbocycles. The van der Waals surface area contributed by atoms with Crippen molar-refractivity contribution in [2.24, 2.45) is 0 Å². The monoisotopic (exact) mass is 653 g/mol. The third-order valence-corrected chi connectivity index (χ3v) is 8.59. The first kappa shape index (κ1) is 43.3. The Balaban J connectivity index is 4.23. The predicted octanol–water partition coefficient (Wildman–Crippen LogP) is 8.93. The predicted molar refractivity (Wildman–Crippen MR) is 190 cm³/mol. The van der Waals surface area contributed by atoms with E-state index in [0.717, 1.165) is 57.8 Å². The van der Waals surface area contributed by atoms with Gasteiger partial charge in [0.25, 0.3) is 10.1 Å². The molecule has 45 heavy (non-hydrogen) atoms. The van der Waals surface area contributed by atoms with E-state index in [0.29, 0.717) is 12.8 Å². The molecule has 0 fully saturated rings. The number of aliphatic hydroxyl groups is 2. The van der Waals surface area contributed by atoms with Crippen LogP contribution in [0, 0.1) is 0 Å². The summed E-state index contributed by atoms with van der Waals surface area (Å²) in [5, 5.41) is 23.2. The number of carbonyl (C=O) groups is 1. The fraction of sp³-hybridized carbons (Fsp3) is 0.757. The topological polar surface area (TPSA) is 124 Å². The van der Waals surface area contributed by atoms with Gasteiger partial charge in [-0.05, 0) is 64.2 Å². The van der Waals surface area contributed by atoms with E-state index in [2.05, 4.69) is 55.6 Å². The molecule has 8 heteroatoms. The third kappa shape index (κ3) is 30.7. The van der Waals surface area contributed by atoms with Crippen molar-refractivity contribution >= 4 is 16.0 Å². The zero-order chi connectivity index (χ0) is 33.4. The highest BCUT2D eigenvalue weighted by molar-refractivity contribution is 7.85. The first-order valence-electron chi connectivity index (χ1n) is 17.9. The van der Waals surface area contributed by atoms with Crippen molar-refractivity contribution in [3.05, 3.63) is 48.6 Å². The zero-order valence-corrected chi connectivity index (χ0v) is 29.4. The molecule has 0 saturated carbocycles. The molecule has 4 N–H and O–H groups in total. The minimum absolute atomic E-state index is 0.254. The van der Waals surface area contributed by atoms with Crippen LogP contribution in [0.15, 0.2) is 48.6 Å². The number of nitrogens with one attached hydrogen (secondary N) is 1. The van der Waals surface area contributed by atoms with Gasteiger partial charge in [-0.3, -0.25) is 9.35 Å². The van der Waals surface area contributed by atoms with E-state index in [9.17, 15) is 28.0 Å². The Morgan fingerprint density at radius 3 is 1.53 bits per heavy atom. The molecular weight excluding hydrogens is 586 g/mol. The Labute approximate surface area is 276 Å². The van der Waals surface area contributed by atoms with Crippen LogP contribution in [0.2, 0.25) is 0 Å².